The van der Waals surface area contributed by atoms with Gasteiger partial charge in [-0.2, -0.15) is 8.78 Å². The normalized spacial score (nSPS) is 20.2. The van der Waals surface area contributed by atoms with Gasteiger partial charge < -0.3 is 10.2 Å². The summed E-state index contributed by atoms with van der Waals surface area (Å²) in [7, 11) is 12.3. The number of nitrogens with zero attached hydrogens (tertiary/aromatic N) is 1. The number of alkyl halides is 2. The van der Waals surface area contributed by atoms with Crippen molar-refractivity contribution in [2.24, 2.45) is 0 Å². The van der Waals surface area contributed by atoms with E-state index in [-0.39, 0.29) is 35.4 Å². The monoisotopic (exact) mass is 481 g/mol. The van der Waals surface area contributed by atoms with E-state index in [0.29, 0.717) is 11.1 Å². The van der Waals surface area contributed by atoms with E-state index in [1.807, 2.05) is 0 Å². The molecule has 4 rings (SSSR count). The third kappa shape index (κ3) is 4.20. The van der Waals surface area contributed by atoms with Crippen molar-refractivity contribution in [3.8, 4) is 0 Å². The van der Waals surface area contributed by atoms with Crippen molar-refractivity contribution >= 4 is 56.4 Å². The van der Waals surface area contributed by atoms with E-state index < -0.39 is 47.1 Å². The molecular formula is C22H16B2ClF2N3O4. The van der Waals surface area contributed by atoms with Gasteiger partial charge in [-0.25, -0.2) is 0 Å². The Bertz CT molecular complexity index is 1210. The first kappa shape index (κ1) is 23.9. The summed E-state index contributed by atoms with van der Waals surface area (Å²) in [6.45, 7) is -0.307. The van der Waals surface area contributed by atoms with Crippen LogP contribution in [0.3, 0.4) is 0 Å². The Kier molecular flexibility index (Phi) is 6.24. The molecule has 1 saturated heterocycles. The average molecular weight is 481 g/mol. The van der Waals surface area contributed by atoms with Crippen molar-refractivity contribution in [3.63, 3.8) is 0 Å². The summed E-state index contributed by atoms with van der Waals surface area (Å²) in [4.78, 5) is 50.0. The van der Waals surface area contributed by atoms with E-state index in [0.717, 1.165) is 17.0 Å². The first-order valence-electron chi connectivity index (χ1n) is 10.3. The van der Waals surface area contributed by atoms with Gasteiger partial charge in [0.1, 0.15) is 21.7 Å². The fourth-order valence-corrected chi connectivity index (χ4v) is 4.23. The average Bonchev–Trinajstić information content (AvgIpc) is 3.03. The van der Waals surface area contributed by atoms with Gasteiger partial charge in [0, 0.05) is 35.1 Å². The number of piperidine rings is 1. The quantitative estimate of drug-likeness (QED) is 0.492. The molecule has 2 unspecified atom stereocenters. The van der Waals surface area contributed by atoms with Crippen LogP contribution in [0.25, 0.3) is 0 Å². The van der Waals surface area contributed by atoms with E-state index in [2.05, 4.69) is 10.6 Å². The molecule has 2 aliphatic heterocycles. The van der Waals surface area contributed by atoms with Crippen LogP contribution in [0, 0.1) is 0 Å². The number of benzene rings is 2. The number of nitrogens with one attached hydrogen (secondary N) is 2. The lowest BCUT2D eigenvalue weighted by atomic mass is 9.81. The number of carbonyl (C=O) groups is 4. The zero-order valence-corrected chi connectivity index (χ0v) is 18.4. The Labute approximate surface area is 201 Å². The largest absolute Gasteiger partial charge is 0.349 e. The zero-order valence-electron chi connectivity index (χ0n) is 17.6. The first-order valence-corrected chi connectivity index (χ1v) is 10.6. The van der Waals surface area contributed by atoms with Crippen LogP contribution in [0.1, 0.15) is 45.8 Å². The minimum Gasteiger partial charge on any atom is -0.346 e. The first-order chi connectivity index (χ1) is 16.0. The fraction of sp³-hybridized carbons (Fsp3) is 0.273. The van der Waals surface area contributed by atoms with Gasteiger partial charge in [-0.3, -0.25) is 24.5 Å². The van der Waals surface area contributed by atoms with Crippen molar-refractivity contribution in [1.29, 1.82) is 0 Å². The van der Waals surface area contributed by atoms with Crippen LogP contribution in [-0.2, 0) is 26.9 Å². The number of hydrogen-bond donors (Lipinski definition) is 2. The summed E-state index contributed by atoms with van der Waals surface area (Å²) in [6, 6.07) is 6.53. The van der Waals surface area contributed by atoms with Gasteiger partial charge in [0.2, 0.25) is 11.8 Å². The number of hydrogen-bond acceptors (Lipinski definition) is 4. The molecule has 0 aliphatic carbocycles. The number of fused-ring (bicyclic) bond motifs is 1. The smallest absolute Gasteiger partial charge is 0.346 e. The molecule has 0 bridgehead atoms. The third-order valence-electron chi connectivity index (χ3n) is 5.82. The Morgan fingerprint density at radius 2 is 1.88 bits per heavy atom. The summed E-state index contributed by atoms with van der Waals surface area (Å²) in [5, 5.41) is 4.60. The molecule has 0 saturated carbocycles. The van der Waals surface area contributed by atoms with Crippen LogP contribution in [0.15, 0.2) is 36.4 Å². The van der Waals surface area contributed by atoms with E-state index >= 15 is 0 Å². The lowest BCUT2D eigenvalue weighted by Crippen LogP contribution is -2.53. The van der Waals surface area contributed by atoms with E-state index in [1.54, 1.807) is 0 Å². The van der Waals surface area contributed by atoms with E-state index in [1.165, 1.54) is 24.3 Å². The van der Waals surface area contributed by atoms with Gasteiger partial charge in [-0.1, -0.05) is 41.3 Å². The maximum absolute atomic E-state index is 14.5. The van der Waals surface area contributed by atoms with Crippen LogP contribution in [0.4, 0.5) is 8.78 Å². The second kappa shape index (κ2) is 8.87. The molecule has 4 amide bonds. The maximum Gasteiger partial charge on any atom is 0.349 e. The molecule has 2 N–H and O–H groups in total. The summed E-state index contributed by atoms with van der Waals surface area (Å²) < 4.78 is 29.0. The van der Waals surface area contributed by atoms with Crippen LogP contribution in [-0.4, -0.2) is 50.3 Å². The van der Waals surface area contributed by atoms with Crippen molar-refractivity contribution in [2.45, 2.75) is 37.3 Å². The van der Waals surface area contributed by atoms with Crippen LogP contribution in [0.2, 0.25) is 5.02 Å². The molecule has 34 heavy (non-hydrogen) atoms. The molecule has 2 atom stereocenters. The molecule has 2 aliphatic rings. The van der Waals surface area contributed by atoms with Gasteiger partial charge in [-0.15, -0.1) is 0 Å². The van der Waals surface area contributed by atoms with Gasteiger partial charge in [0.15, 0.2) is 0 Å². The highest BCUT2D eigenvalue weighted by Gasteiger charge is 2.44. The topological polar surface area (TPSA) is 95.6 Å². The molecule has 2 aromatic carbocycles. The SMILES string of the molecule is [B]c1cc(CNC(=O)C(F)(F)c2ccc(Cl)cc2)cc2c1C(=O)N(C1CCC(=O)NC1=O)C2[B]. The molecular weight excluding hydrogens is 465 g/mol. The fourth-order valence-electron chi connectivity index (χ4n) is 4.11. The molecule has 7 nitrogen and oxygen atoms in total. The van der Waals surface area contributed by atoms with Crippen LogP contribution >= 0.6 is 11.6 Å². The molecule has 1 fully saturated rings. The van der Waals surface area contributed by atoms with Gasteiger partial charge in [0.05, 0.1) is 0 Å². The predicted molar refractivity (Wildman–Crippen MR) is 120 cm³/mol. The van der Waals surface area contributed by atoms with Gasteiger partial charge in [-0.05, 0) is 29.7 Å². The molecule has 2 heterocycles. The number of rotatable bonds is 5. The highest BCUT2D eigenvalue weighted by molar-refractivity contribution is 6.38. The predicted octanol–water partition coefficient (Wildman–Crippen LogP) is 0.970. The Morgan fingerprint density at radius 3 is 2.53 bits per heavy atom. The Morgan fingerprint density at radius 1 is 1.21 bits per heavy atom. The van der Waals surface area contributed by atoms with Crippen molar-refractivity contribution < 1.29 is 28.0 Å². The summed E-state index contributed by atoms with van der Waals surface area (Å²) >= 11 is 5.71. The molecule has 0 spiro atoms. The molecule has 12 heteroatoms. The van der Waals surface area contributed by atoms with E-state index in [9.17, 15) is 28.0 Å². The van der Waals surface area contributed by atoms with E-state index in [4.69, 9.17) is 27.3 Å². The van der Waals surface area contributed by atoms with Gasteiger partial charge >= 0.3 is 5.92 Å². The zero-order chi connectivity index (χ0) is 24.8. The second-order valence-corrected chi connectivity index (χ2v) is 8.47. The number of carbonyl (C=O) groups excluding carboxylic acids is 4. The Balaban J connectivity index is 1.52. The number of halogens is 3. The van der Waals surface area contributed by atoms with Crippen LogP contribution < -0.4 is 16.1 Å². The lowest BCUT2D eigenvalue weighted by molar-refractivity contribution is -0.147. The number of amides is 4. The van der Waals surface area contributed by atoms with Crippen molar-refractivity contribution in [3.05, 3.63) is 63.7 Å². The van der Waals surface area contributed by atoms with Crippen LogP contribution in [0.5, 0.6) is 0 Å². The third-order valence-corrected chi connectivity index (χ3v) is 6.07. The second-order valence-electron chi connectivity index (χ2n) is 8.04. The lowest BCUT2D eigenvalue weighted by Gasteiger charge is -2.33. The molecule has 4 radical (unpaired) electrons. The minimum absolute atomic E-state index is 0.0291. The van der Waals surface area contributed by atoms with Crippen molar-refractivity contribution in [1.82, 2.24) is 15.5 Å². The molecule has 0 aromatic heterocycles. The Hall–Kier alpha value is -3.20. The summed E-state index contributed by atoms with van der Waals surface area (Å²) in [5.41, 5.74) is 0.240. The maximum atomic E-state index is 14.5. The molecule has 170 valence electrons. The highest BCUT2D eigenvalue weighted by Crippen LogP contribution is 2.35. The minimum atomic E-state index is -3.80. The summed E-state index contributed by atoms with van der Waals surface area (Å²) in [6.07, 6.45) is 0.165. The standard InChI is InChI=1S/C22H16B2ClF2N3O4/c23-14-8-10(9-28-21(34)22(26,27)11-1-3-12(25)4-2-11)7-13-17(14)20(33)30(18(13)24)15-5-6-16(31)29-19(15)32/h1-4,7-8,15,18H,5-6,9H2,(H,28,34)(H,29,31,32). The van der Waals surface area contributed by atoms with Crippen molar-refractivity contribution in [2.75, 3.05) is 0 Å². The molecule has 2 aromatic rings. The summed E-state index contributed by atoms with van der Waals surface area (Å²) in [5.74, 6) is -8.02. The highest BCUT2D eigenvalue weighted by atomic mass is 35.5. The number of imide groups is 1. The van der Waals surface area contributed by atoms with Gasteiger partial charge in [0.25, 0.3) is 11.8 Å².